The topological polar surface area (TPSA) is 109 Å². The summed E-state index contributed by atoms with van der Waals surface area (Å²) in [7, 11) is 0. The molecule has 0 saturated carbocycles. The highest BCUT2D eigenvalue weighted by atomic mass is 16.1. The van der Waals surface area contributed by atoms with Crippen molar-refractivity contribution in [3.8, 4) is 0 Å². The molecular weight excluding hydrogens is 172 g/mol. The van der Waals surface area contributed by atoms with Gasteiger partial charge >= 0.3 is 0 Å². The molecule has 13 heavy (non-hydrogen) atoms. The first-order chi connectivity index (χ1) is 6.24. The number of amides is 1. The van der Waals surface area contributed by atoms with Gasteiger partial charge in [-0.3, -0.25) is 4.79 Å². The van der Waals surface area contributed by atoms with E-state index in [0.29, 0.717) is 12.4 Å². The zero-order chi connectivity index (χ0) is 9.68. The summed E-state index contributed by atoms with van der Waals surface area (Å²) in [6.45, 7) is 2.44. The fourth-order valence-electron chi connectivity index (χ4n) is 0.663. The van der Waals surface area contributed by atoms with Crippen LogP contribution in [0.15, 0.2) is 16.5 Å². The Morgan fingerprint density at radius 2 is 2.62 bits per heavy atom. The first kappa shape index (κ1) is 9.17. The van der Waals surface area contributed by atoms with Gasteiger partial charge in [-0.15, -0.1) is 0 Å². The molecule has 1 rings (SSSR count). The Bertz CT molecular complexity index is 317. The number of aromatic amines is 1. The zero-order valence-corrected chi connectivity index (χ0v) is 7.11. The van der Waals surface area contributed by atoms with Crippen LogP contribution in [0.2, 0.25) is 0 Å². The number of primary amides is 1. The van der Waals surface area contributed by atoms with Crippen molar-refractivity contribution in [2.45, 2.75) is 6.92 Å². The molecule has 0 saturated heterocycles. The Balaban J connectivity index is 2.59. The monoisotopic (exact) mass is 182 g/mol. The fourth-order valence-corrected chi connectivity index (χ4v) is 0.663. The summed E-state index contributed by atoms with van der Waals surface area (Å²) in [5.41, 5.74) is 7.52. The van der Waals surface area contributed by atoms with Gasteiger partial charge in [-0.25, -0.2) is 10.4 Å². The van der Waals surface area contributed by atoms with Crippen LogP contribution in [0.4, 0.5) is 5.82 Å². The van der Waals surface area contributed by atoms with Crippen LogP contribution in [0.25, 0.3) is 0 Å². The molecule has 7 heteroatoms. The number of hydrogen-bond donors (Lipinski definition) is 3. The van der Waals surface area contributed by atoms with Crippen molar-refractivity contribution in [1.29, 1.82) is 0 Å². The van der Waals surface area contributed by atoms with Gasteiger partial charge in [0.25, 0.3) is 5.91 Å². The quantitative estimate of drug-likeness (QED) is 0.460. The van der Waals surface area contributed by atoms with Crippen molar-refractivity contribution in [2.75, 3.05) is 12.0 Å². The molecule has 0 spiro atoms. The van der Waals surface area contributed by atoms with E-state index in [2.05, 4.69) is 25.7 Å². The molecule has 0 radical (unpaired) electrons. The summed E-state index contributed by atoms with van der Waals surface area (Å²) in [5.74, 6) is -0.0410. The van der Waals surface area contributed by atoms with E-state index in [9.17, 15) is 4.79 Å². The first-order valence-corrected chi connectivity index (χ1v) is 3.71. The maximum atomic E-state index is 10.6. The lowest BCUT2D eigenvalue weighted by molar-refractivity contribution is 0.0991. The Morgan fingerprint density at radius 3 is 3.15 bits per heavy atom. The molecule has 7 nitrogen and oxygen atoms in total. The smallest absolute Gasteiger partial charge is 0.284 e. The highest BCUT2D eigenvalue weighted by Gasteiger charge is 2.04. The number of anilines is 1. The first-order valence-electron chi connectivity index (χ1n) is 3.71. The second-order valence-corrected chi connectivity index (χ2v) is 2.18. The zero-order valence-electron chi connectivity index (χ0n) is 7.11. The van der Waals surface area contributed by atoms with Gasteiger partial charge in [-0.1, -0.05) is 5.22 Å². The van der Waals surface area contributed by atoms with Gasteiger partial charge < -0.3 is 10.7 Å². The summed E-state index contributed by atoms with van der Waals surface area (Å²) in [6.07, 6.45) is 1.41. The number of rotatable bonds is 4. The molecule has 1 heterocycles. The minimum Gasteiger partial charge on any atom is -0.363 e. The third-order valence-electron chi connectivity index (χ3n) is 1.19. The molecule has 4 N–H and O–H groups in total. The largest absolute Gasteiger partial charge is 0.363 e. The summed E-state index contributed by atoms with van der Waals surface area (Å²) < 4.78 is 0. The lowest BCUT2D eigenvalue weighted by atomic mass is 10.6. The molecule has 1 aromatic rings. The van der Waals surface area contributed by atoms with E-state index in [1.165, 1.54) is 6.20 Å². The van der Waals surface area contributed by atoms with Crippen LogP contribution in [-0.2, 0) is 0 Å². The highest BCUT2D eigenvalue weighted by Crippen LogP contribution is 2.02. The molecule has 0 aromatic carbocycles. The summed E-state index contributed by atoms with van der Waals surface area (Å²) in [5, 5.41) is 7.26. The standard InChI is InChI=1S/C6H10N6O/c1-2-9-12-11-4-3-8-6(10-4)5(7)13/h3H,2H2,1H3,(H2,7,13)(H,8,10)(H,9,11). The average molecular weight is 182 g/mol. The number of nitrogens with zero attached hydrogens (tertiary/aromatic N) is 3. The van der Waals surface area contributed by atoms with Crippen LogP contribution in [0.1, 0.15) is 17.5 Å². The Labute approximate surface area is 74.4 Å². The third kappa shape index (κ3) is 2.55. The number of nitrogens with one attached hydrogen (secondary N) is 2. The van der Waals surface area contributed by atoms with Crippen molar-refractivity contribution in [1.82, 2.24) is 9.97 Å². The maximum Gasteiger partial charge on any atom is 0.284 e. The van der Waals surface area contributed by atoms with Gasteiger partial charge in [-0.05, 0) is 6.92 Å². The van der Waals surface area contributed by atoms with Gasteiger partial charge in [0.05, 0.1) is 12.7 Å². The number of aromatic nitrogens is 2. The molecule has 0 atom stereocenters. The normalized spacial score (nSPS) is 10.5. The molecule has 0 fully saturated rings. The van der Waals surface area contributed by atoms with Crippen molar-refractivity contribution in [3.05, 3.63) is 12.0 Å². The number of H-pyrrole nitrogens is 1. The van der Waals surface area contributed by atoms with E-state index in [0.717, 1.165) is 0 Å². The van der Waals surface area contributed by atoms with E-state index in [1.807, 2.05) is 6.92 Å². The predicted octanol–water partition coefficient (Wildman–Crippen LogP) is 0.308. The van der Waals surface area contributed by atoms with E-state index >= 15 is 0 Å². The Morgan fingerprint density at radius 1 is 1.85 bits per heavy atom. The summed E-state index contributed by atoms with van der Waals surface area (Å²) in [6, 6.07) is 0. The van der Waals surface area contributed by atoms with Crippen molar-refractivity contribution in [2.24, 2.45) is 16.1 Å². The molecule has 0 unspecified atom stereocenters. The number of nitrogens with two attached hydrogens (primary N) is 1. The SMILES string of the molecule is CCN=NNc1cnc(C(N)=O)[nH]1. The number of imidazole rings is 1. The van der Waals surface area contributed by atoms with Crippen LogP contribution in [-0.4, -0.2) is 22.4 Å². The van der Waals surface area contributed by atoms with E-state index in [-0.39, 0.29) is 5.82 Å². The lowest BCUT2D eigenvalue weighted by Crippen LogP contribution is -2.12. The van der Waals surface area contributed by atoms with Crippen LogP contribution < -0.4 is 11.2 Å². The predicted molar refractivity (Wildman–Crippen MR) is 46.1 cm³/mol. The minimum absolute atomic E-state index is 0.0919. The molecule has 1 aromatic heterocycles. The van der Waals surface area contributed by atoms with Gasteiger partial charge in [-0.2, -0.15) is 5.11 Å². The molecule has 0 bridgehead atoms. The average Bonchev–Trinajstić information content (AvgIpc) is 2.53. The number of carbonyl (C=O) groups is 1. The number of carbonyl (C=O) groups excluding carboxylic acids is 1. The van der Waals surface area contributed by atoms with Gasteiger partial charge in [0.1, 0.15) is 5.82 Å². The fraction of sp³-hybridized carbons (Fsp3) is 0.333. The molecule has 0 aliphatic heterocycles. The van der Waals surface area contributed by atoms with Crippen molar-refractivity contribution >= 4 is 11.7 Å². The van der Waals surface area contributed by atoms with Crippen LogP contribution in [0, 0.1) is 0 Å². The Hall–Kier alpha value is -1.92. The lowest BCUT2D eigenvalue weighted by Gasteiger charge is -1.90. The second-order valence-electron chi connectivity index (χ2n) is 2.18. The van der Waals surface area contributed by atoms with Gasteiger partial charge in [0.15, 0.2) is 5.82 Å². The van der Waals surface area contributed by atoms with Crippen LogP contribution >= 0.6 is 0 Å². The molecule has 70 valence electrons. The highest BCUT2D eigenvalue weighted by molar-refractivity contribution is 5.89. The third-order valence-corrected chi connectivity index (χ3v) is 1.19. The van der Waals surface area contributed by atoms with Gasteiger partial charge in [0.2, 0.25) is 0 Å². The molecular formula is C6H10N6O. The summed E-state index contributed by atoms with van der Waals surface area (Å²) >= 11 is 0. The summed E-state index contributed by atoms with van der Waals surface area (Å²) in [4.78, 5) is 16.9. The van der Waals surface area contributed by atoms with E-state index in [1.54, 1.807) is 0 Å². The van der Waals surface area contributed by atoms with Crippen LogP contribution in [0.3, 0.4) is 0 Å². The van der Waals surface area contributed by atoms with Crippen molar-refractivity contribution in [3.63, 3.8) is 0 Å². The molecule has 0 aliphatic rings. The second kappa shape index (κ2) is 4.19. The van der Waals surface area contributed by atoms with E-state index < -0.39 is 5.91 Å². The molecule has 0 aliphatic carbocycles. The van der Waals surface area contributed by atoms with Crippen molar-refractivity contribution < 1.29 is 4.79 Å². The van der Waals surface area contributed by atoms with Gasteiger partial charge in [0, 0.05) is 0 Å². The maximum absolute atomic E-state index is 10.6. The van der Waals surface area contributed by atoms with E-state index in [4.69, 9.17) is 5.73 Å². The minimum atomic E-state index is -0.611. The Kier molecular flexibility index (Phi) is 2.96. The van der Waals surface area contributed by atoms with Crippen LogP contribution in [0.5, 0.6) is 0 Å². The number of hydrogen-bond acceptors (Lipinski definition) is 4. The molecule has 1 amide bonds.